The fourth-order valence-corrected chi connectivity index (χ4v) is 1.34. The number of carbonyl (C=O) groups excluding carboxylic acids is 2. The predicted molar refractivity (Wildman–Crippen MR) is 42.8 cm³/mol. The van der Waals surface area contributed by atoms with Crippen molar-refractivity contribution in [2.75, 3.05) is 7.11 Å². The van der Waals surface area contributed by atoms with Crippen LogP contribution in [-0.2, 0) is 9.53 Å². The minimum absolute atomic E-state index is 0.0131. The molecule has 0 aliphatic heterocycles. The number of Topliss-reactive ketones (excluding diaryl/α,β-unsaturated/α-hetero) is 1. The summed E-state index contributed by atoms with van der Waals surface area (Å²) in [5.74, 6) is 0.0131. The highest BCUT2D eigenvalue weighted by Gasteiger charge is 2.43. The molecule has 12 heavy (non-hydrogen) atoms. The Morgan fingerprint density at radius 1 is 1.42 bits per heavy atom. The molecule has 1 aliphatic carbocycles. The molecule has 1 fully saturated rings. The number of nitrogens with one attached hydrogen (secondary N) is 1. The molecule has 0 unspecified atom stereocenters. The van der Waals surface area contributed by atoms with Gasteiger partial charge in [0, 0.05) is 0 Å². The summed E-state index contributed by atoms with van der Waals surface area (Å²) in [6.07, 6.45) is 1.93. The quantitative estimate of drug-likeness (QED) is 0.670. The first-order valence-electron chi connectivity index (χ1n) is 3.98. The van der Waals surface area contributed by atoms with Crippen LogP contribution in [0, 0.1) is 0 Å². The second-order valence-corrected chi connectivity index (χ2v) is 3.11. The van der Waals surface area contributed by atoms with Crippen molar-refractivity contribution in [3.8, 4) is 0 Å². The van der Waals surface area contributed by atoms with Gasteiger partial charge in [0.15, 0.2) is 5.78 Å². The molecule has 1 N–H and O–H groups in total. The lowest BCUT2D eigenvalue weighted by Crippen LogP contribution is -2.58. The summed E-state index contributed by atoms with van der Waals surface area (Å²) in [6.45, 7) is 1.50. The van der Waals surface area contributed by atoms with E-state index in [4.69, 9.17) is 0 Å². The smallest absolute Gasteiger partial charge is 0.407 e. The molecule has 1 saturated carbocycles. The summed E-state index contributed by atoms with van der Waals surface area (Å²) in [4.78, 5) is 22.0. The largest absolute Gasteiger partial charge is 0.453 e. The van der Waals surface area contributed by atoms with Gasteiger partial charge in [0.2, 0.25) is 0 Å². The number of rotatable bonds is 2. The van der Waals surface area contributed by atoms with Gasteiger partial charge in [-0.3, -0.25) is 4.79 Å². The summed E-state index contributed by atoms with van der Waals surface area (Å²) in [5, 5.41) is 2.57. The van der Waals surface area contributed by atoms with E-state index in [0.717, 1.165) is 19.3 Å². The minimum atomic E-state index is -0.618. The molecular weight excluding hydrogens is 158 g/mol. The Hall–Kier alpha value is -1.06. The Labute approximate surface area is 71.3 Å². The van der Waals surface area contributed by atoms with Crippen LogP contribution in [0.25, 0.3) is 0 Å². The van der Waals surface area contributed by atoms with Crippen molar-refractivity contribution in [2.45, 2.75) is 31.7 Å². The second kappa shape index (κ2) is 3.13. The third-order valence-electron chi connectivity index (χ3n) is 2.41. The maximum atomic E-state index is 11.1. The Bertz CT molecular complexity index is 208. The second-order valence-electron chi connectivity index (χ2n) is 3.11. The van der Waals surface area contributed by atoms with Crippen molar-refractivity contribution in [1.29, 1.82) is 0 Å². The van der Waals surface area contributed by atoms with Gasteiger partial charge in [-0.15, -0.1) is 0 Å². The van der Waals surface area contributed by atoms with E-state index in [-0.39, 0.29) is 5.78 Å². The van der Waals surface area contributed by atoms with Crippen LogP contribution in [0.2, 0.25) is 0 Å². The average molecular weight is 171 g/mol. The van der Waals surface area contributed by atoms with E-state index in [1.54, 1.807) is 0 Å². The number of amides is 1. The summed E-state index contributed by atoms with van der Waals surface area (Å²) >= 11 is 0. The minimum Gasteiger partial charge on any atom is -0.453 e. The van der Waals surface area contributed by atoms with Gasteiger partial charge in [-0.05, 0) is 26.2 Å². The Kier molecular flexibility index (Phi) is 2.35. The highest BCUT2D eigenvalue weighted by Crippen LogP contribution is 2.32. The highest BCUT2D eigenvalue weighted by molar-refractivity contribution is 5.90. The fraction of sp³-hybridized carbons (Fsp3) is 0.750. The van der Waals surface area contributed by atoms with Crippen LogP contribution < -0.4 is 5.32 Å². The van der Waals surface area contributed by atoms with Crippen LogP contribution in [0.4, 0.5) is 4.79 Å². The summed E-state index contributed by atoms with van der Waals surface area (Å²) in [5.41, 5.74) is -0.618. The van der Waals surface area contributed by atoms with Gasteiger partial charge in [-0.25, -0.2) is 4.79 Å². The van der Waals surface area contributed by atoms with Crippen LogP contribution in [0.15, 0.2) is 0 Å². The molecule has 1 amide bonds. The lowest BCUT2D eigenvalue weighted by molar-refractivity contribution is -0.126. The third kappa shape index (κ3) is 1.42. The number of ether oxygens (including phenoxy) is 1. The Morgan fingerprint density at radius 3 is 2.25 bits per heavy atom. The van der Waals surface area contributed by atoms with E-state index in [2.05, 4.69) is 10.1 Å². The molecule has 0 heterocycles. The molecule has 0 spiro atoms. The van der Waals surface area contributed by atoms with Crippen molar-refractivity contribution >= 4 is 11.9 Å². The van der Waals surface area contributed by atoms with Crippen LogP contribution in [0.1, 0.15) is 26.2 Å². The molecule has 0 atom stereocenters. The van der Waals surface area contributed by atoms with Gasteiger partial charge in [0.05, 0.1) is 7.11 Å². The molecule has 0 radical (unpaired) electrons. The zero-order valence-corrected chi connectivity index (χ0v) is 7.35. The van der Waals surface area contributed by atoms with Crippen molar-refractivity contribution in [2.24, 2.45) is 0 Å². The SMILES string of the molecule is COC(=O)NC1(C(C)=O)CCC1. The molecular formula is C8H13NO3. The molecule has 68 valence electrons. The molecule has 0 aromatic heterocycles. The normalized spacial score (nSPS) is 19.2. The number of ketones is 1. The molecule has 0 saturated heterocycles. The summed E-state index contributed by atoms with van der Waals surface area (Å²) < 4.78 is 4.43. The molecule has 0 aromatic carbocycles. The van der Waals surface area contributed by atoms with Gasteiger partial charge < -0.3 is 10.1 Å². The summed E-state index contributed by atoms with van der Waals surface area (Å²) in [7, 11) is 1.29. The van der Waals surface area contributed by atoms with Crippen molar-refractivity contribution < 1.29 is 14.3 Å². The number of hydrogen-bond acceptors (Lipinski definition) is 3. The van der Waals surface area contributed by atoms with Crippen LogP contribution in [0.5, 0.6) is 0 Å². The number of methoxy groups -OCH3 is 1. The Balaban J connectivity index is 2.56. The van der Waals surface area contributed by atoms with E-state index in [1.165, 1.54) is 14.0 Å². The first kappa shape index (κ1) is 9.03. The molecule has 1 aliphatic rings. The number of hydrogen-bond donors (Lipinski definition) is 1. The number of carbonyl (C=O) groups is 2. The predicted octanol–water partition coefficient (Wildman–Crippen LogP) is 0.854. The standard InChI is InChI=1S/C8H13NO3/c1-6(10)8(4-3-5-8)9-7(11)12-2/h3-5H2,1-2H3,(H,9,11). The van der Waals surface area contributed by atoms with Crippen LogP contribution in [-0.4, -0.2) is 24.5 Å². The monoisotopic (exact) mass is 171 g/mol. The maximum Gasteiger partial charge on any atom is 0.407 e. The van der Waals surface area contributed by atoms with E-state index in [9.17, 15) is 9.59 Å². The van der Waals surface area contributed by atoms with Crippen molar-refractivity contribution in [1.82, 2.24) is 5.32 Å². The fourth-order valence-electron chi connectivity index (χ4n) is 1.34. The molecule has 0 aromatic rings. The Morgan fingerprint density at radius 2 is 2.00 bits per heavy atom. The van der Waals surface area contributed by atoms with Crippen molar-refractivity contribution in [3.05, 3.63) is 0 Å². The zero-order chi connectivity index (χ0) is 9.19. The third-order valence-corrected chi connectivity index (χ3v) is 2.41. The zero-order valence-electron chi connectivity index (χ0n) is 7.35. The van der Waals surface area contributed by atoms with Crippen LogP contribution >= 0.6 is 0 Å². The van der Waals surface area contributed by atoms with Gasteiger partial charge in [-0.2, -0.15) is 0 Å². The van der Waals surface area contributed by atoms with Gasteiger partial charge in [0.25, 0.3) is 0 Å². The summed E-state index contributed by atoms with van der Waals surface area (Å²) in [6, 6.07) is 0. The molecule has 1 rings (SSSR count). The lowest BCUT2D eigenvalue weighted by atomic mass is 9.74. The van der Waals surface area contributed by atoms with E-state index >= 15 is 0 Å². The molecule has 4 nitrogen and oxygen atoms in total. The topological polar surface area (TPSA) is 55.4 Å². The van der Waals surface area contributed by atoms with E-state index in [0.29, 0.717) is 0 Å². The van der Waals surface area contributed by atoms with E-state index in [1.807, 2.05) is 0 Å². The lowest BCUT2D eigenvalue weighted by Gasteiger charge is -2.39. The first-order chi connectivity index (χ1) is 5.60. The highest BCUT2D eigenvalue weighted by atomic mass is 16.5. The molecule has 4 heteroatoms. The van der Waals surface area contributed by atoms with E-state index < -0.39 is 11.6 Å². The number of alkyl carbamates (subject to hydrolysis) is 1. The maximum absolute atomic E-state index is 11.1. The van der Waals surface area contributed by atoms with Crippen molar-refractivity contribution in [3.63, 3.8) is 0 Å². The van der Waals surface area contributed by atoms with Gasteiger partial charge >= 0.3 is 6.09 Å². The van der Waals surface area contributed by atoms with Crippen LogP contribution in [0.3, 0.4) is 0 Å². The first-order valence-corrected chi connectivity index (χ1v) is 3.98. The van der Waals surface area contributed by atoms with Gasteiger partial charge in [-0.1, -0.05) is 0 Å². The van der Waals surface area contributed by atoms with Gasteiger partial charge in [0.1, 0.15) is 5.54 Å². The molecule has 0 bridgehead atoms. The average Bonchev–Trinajstić information content (AvgIpc) is 1.95.